The van der Waals surface area contributed by atoms with Crippen molar-refractivity contribution in [3.63, 3.8) is 0 Å². The molecule has 1 fully saturated rings. The third-order valence-corrected chi connectivity index (χ3v) is 2.38. The average Bonchev–Trinajstić information content (AvgIpc) is 2.54. The fourth-order valence-electron chi connectivity index (χ4n) is 1.51. The molecule has 72 valence electrons. The highest BCUT2D eigenvalue weighted by Gasteiger charge is 2.10. The van der Waals surface area contributed by atoms with E-state index in [2.05, 4.69) is 14.5 Å². The molecule has 2 heterocycles. The molecule has 0 bridgehead atoms. The Kier molecular flexibility index (Phi) is 2.61. The van der Waals surface area contributed by atoms with E-state index < -0.39 is 0 Å². The topological polar surface area (TPSA) is 30.3 Å². The van der Waals surface area contributed by atoms with Crippen molar-refractivity contribution in [2.24, 2.45) is 0 Å². The van der Waals surface area contributed by atoms with E-state index in [-0.39, 0.29) is 0 Å². The van der Waals surface area contributed by atoms with Gasteiger partial charge < -0.3 is 9.30 Å². The van der Waals surface area contributed by atoms with E-state index in [0.717, 1.165) is 38.8 Å². The molecule has 0 aliphatic carbocycles. The minimum absolute atomic E-state index is 0.855. The van der Waals surface area contributed by atoms with Crippen LogP contribution in [0.25, 0.3) is 0 Å². The molecule has 0 amide bonds. The molecule has 1 aromatic heterocycles. The van der Waals surface area contributed by atoms with Crippen molar-refractivity contribution in [2.45, 2.75) is 13.6 Å². The lowest BCUT2D eigenvalue weighted by atomic mass is 10.4. The van der Waals surface area contributed by atoms with Gasteiger partial charge >= 0.3 is 0 Å². The van der Waals surface area contributed by atoms with Gasteiger partial charge in [0.2, 0.25) is 0 Å². The predicted octanol–water partition coefficient (Wildman–Crippen LogP) is 0.481. The highest BCUT2D eigenvalue weighted by Crippen LogP contribution is 2.02. The number of aryl methyl sites for hydroxylation is 1. The van der Waals surface area contributed by atoms with Crippen LogP contribution in [0.4, 0.5) is 0 Å². The largest absolute Gasteiger partial charge is 0.379 e. The second-order valence-corrected chi connectivity index (χ2v) is 3.32. The van der Waals surface area contributed by atoms with Crippen LogP contribution in [0.2, 0.25) is 0 Å². The predicted molar refractivity (Wildman–Crippen MR) is 49.4 cm³/mol. The second kappa shape index (κ2) is 3.89. The van der Waals surface area contributed by atoms with Crippen LogP contribution in [-0.2, 0) is 11.4 Å². The summed E-state index contributed by atoms with van der Waals surface area (Å²) in [6.07, 6.45) is 3.86. The first kappa shape index (κ1) is 8.72. The van der Waals surface area contributed by atoms with Crippen molar-refractivity contribution < 1.29 is 4.74 Å². The molecule has 1 aliphatic rings. The van der Waals surface area contributed by atoms with E-state index in [1.807, 2.05) is 19.3 Å². The highest BCUT2D eigenvalue weighted by molar-refractivity contribution is 4.88. The van der Waals surface area contributed by atoms with Crippen LogP contribution in [0.5, 0.6) is 0 Å². The number of aromatic nitrogens is 2. The van der Waals surface area contributed by atoms with Crippen LogP contribution in [0.1, 0.15) is 5.82 Å². The van der Waals surface area contributed by atoms with Crippen molar-refractivity contribution in [1.82, 2.24) is 14.5 Å². The van der Waals surface area contributed by atoms with Gasteiger partial charge in [-0.25, -0.2) is 4.98 Å². The summed E-state index contributed by atoms with van der Waals surface area (Å²) in [7, 11) is 0. The van der Waals surface area contributed by atoms with Crippen molar-refractivity contribution in [2.75, 3.05) is 26.3 Å². The summed E-state index contributed by atoms with van der Waals surface area (Å²) in [5.74, 6) is 1.08. The van der Waals surface area contributed by atoms with Gasteiger partial charge in [0.1, 0.15) is 5.82 Å². The van der Waals surface area contributed by atoms with Gasteiger partial charge in [-0.15, -0.1) is 0 Å². The normalized spacial score (nSPS) is 19.2. The molecule has 4 nitrogen and oxygen atoms in total. The first-order chi connectivity index (χ1) is 6.36. The number of morpholine rings is 1. The van der Waals surface area contributed by atoms with Gasteiger partial charge in [-0.05, 0) is 6.92 Å². The fraction of sp³-hybridized carbons (Fsp3) is 0.667. The van der Waals surface area contributed by atoms with E-state index in [4.69, 9.17) is 4.74 Å². The van der Waals surface area contributed by atoms with Crippen LogP contribution in [0, 0.1) is 6.92 Å². The van der Waals surface area contributed by atoms with Gasteiger partial charge in [-0.1, -0.05) is 0 Å². The van der Waals surface area contributed by atoms with Crippen molar-refractivity contribution >= 4 is 0 Å². The Bertz CT molecular complexity index is 266. The lowest BCUT2D eigenvalue weighted by Gasteiger charge is -2.27. The number of imidazole rings is 1. The lowest BCUT2D eigenvalue weighted by molar-refractivity contribution is 0.0231. The Labute approximate surface area is 78.1 Å². The maximum absolute atomic E-state index is 5.28. The van der Waals surface area contributed by atoms with Gasteiger partial charge in [0.15, 0.2) is 0 Å². The minimum atomic E-state index is 0.855. The number of rotatable bonds is 2. The monoisotopic (exact) mass is 181 g/mol. The molecule has 1 aromatic rings. The molecule has 0 aromatic carbocycles. The Morgan fingerprint density at radius 1 is 1.46 bits per heavy atom. The minimum Gasteiger partial charge on any atom is -0.379 e. The smallest absolute Gasteiger partial charge is 0.106 e. The molecule has 0 atom stereocenters. The lowest BCUT2D eigenvalue weighted by Crippen LogP contribution is -2.37. The summed E-state index contributed by atoms with van der Waals surface area (Å²) in [6.45, 7) is 6.73. The van der Waals surface area contributed by atoms with E-state index in [9.17, 15) is 0 Å². The van der Waals surface area contributed by atoms with Crippen molar-refractivity contribution in [3.05, 3.63) is 18.2 Å². The van der Waals surface area contributed by atoms with Gasteiger partial charge in [0.05, 0.1) is 19.9 Å². The number of nitrogens with zero attached hydrogens (tertiary/aromatic N) is 3. The average molecular weight is 181 g/mol. The van der Waals surface area contributed by atoms with Gasteiger partial charge in [0, 0.05) is 25.5 Å². The summed E-state index contributed by atoms with van der Waals surface area (Å²) < 4.78 is 7.44. The van der Waals surface area contributed by atoms with Gasteiger partial charge in [-0.2, -0.15) is 0 Å². The summed E-state index contributed by atoms with van der Waals surface area (Å²) in [5.41, 5.74) is 0. The molecule has 0 spiro atoms. The molecule has 1 saturated heterocycles. The van der Waals surface area contributed by atoms with Crippen LogP contribution < -0.4 is 0 Å². The highest BCUT2D eigenvalue weighted by atomic mass is 16.5. The molecule has 4 heteroatoms. The molecule has 0 unspecified atom stereocenters. The number of hydrogen-bond donors (Lipinski definition) is 0. The first-order valence-corrected chi connectivity index (χ1v) is 4.64. The molecule has 0 saturated carbocycles. The van der Waals surface area contributed by atoms with Crippen LogP contribution in [0.3, 0.4) is 0 Å². The molecule has 0 radical (unpaired) electrons. The summed E-state index contributed by atoms with van der Waals surface area (Å²) in [5, 5.41) is 0. The first-order valence-electron chi connectivity index (χ1n) is 4.64. The van der Waals surface area contributed by atoms with Crippen molar-refractivity contribution in [3.8, 4) is 0 Å². The quantitative estimate of drug-likeness (QED) is 0.665. The van der Waals surface area contributed by atoms with E-state index in [0.29, 0.717) is 0 Å². The summed E-state index contributed by atoms with van der Waals surface area (Å²) >= 11 is 0. The van der Waals surface area contributed by atoms with Gasteiger partial charge in [0.25, 0.3) is 0 Å². The maximum atomic E-state index is 5.28. The zero-order valence-corrected chi connectivity index (χ0v) is 7.94. The fourth-order valence-corrected chi connectivity index (χ4v) is 1.51. The Balaban J connectivity index is 1.93. The molecular weight excluding hydrogens is 166 g/mol. The summed E-state index contributed by atoms with van der Waals surface area (Å²) in [6, 6.07) is 0. The Morgan fingerprint density at radius 2 is 2.23 bits per heavy atom. The number of hydrogen-bond acceptors (Lipinski definition) is 3. The van der Waals surface area contributed by atoms with E-state index in [1.165, 1.54) is 0 Å². The molecule has 2 rings (SSSR count). The molecule has 1 aliphatic heterocycles. The standard InChI is InChI=1S/C9H15N3O/c1-9-10-2-3-12(9)8-11-4-6-13-7-5-11/h2-3H,4-8H2,1H3. The molecule has 0 N–H and O–H groups in total. The number of ether oxygens (including phenoxy) is 1. The second-order valence-electron chi connectivity index (χ2n) is 3.32. The Morgan fingerprint density at radius 3 is 2.85 bits per heavy atom. The van der Waals surface area contributed by atoms with E-state index in [1.54, 1.807) is 0 Å². The maximum Gasteiger partial charge on any atom is 0.106 e. The third kappa shape index (κ3) is 2.08. The Hall–Kier alpha value is -0.870. The zero-order valence-electron chi connectivity index (χ0n) is 7.94. The molecule has 13 heavy (non-hydrogen) atoms. The van der Waals surface area contributed by atoms with Crippen LogP contribution in [-0.4, -0.2) is 40.8 Å². The summed E-state index contributed by atoms with van der Waals surface area (Å²) in [4.78, 5) is 6.56. The van der Waals surface area contributed by atoms with Crippen molar-refractivity contribution in [1.29, 1.82) is 0 Å². The van der Waals surface area contributed by atoms with Crippen LogP contribution >= 0.6 is 0 Å². The molecular formula is C9H15N3O. The van der Waals surface area contributed by atoms with Crippen LogP contribution in [0.15, 0.2) is 12.4 Å². The zero-order chi connectivity index (χ0) is 9.10. The SMILES string of the molecule is Cc1nccn1CN1CCOCC1. The van der Waals surface area contributed by atoms with E-state index >= 15 is 0 Å². The third-order valence-electron chi connectivity index (χ3n) is 2.38. The van der Waals surface area contributed by atoms with Gasteiger partial charge in [-0.3, -0.25) is 4.90 Å².